The van der Waals surface area contributed by atoms with Gasteiger partial charge in [-0.25, -0.2) is 4.68 Å². The molecule has 2 aromatic rings. The largest absolute Gasteiger partial charge is 0.373 e. The molecule has 1 aromatic heterocycles. The van der Waals surface area contributed by atoms with Crippen LogP contribution in [-0.4, -0.2) is 64.2 Å². The van der Waals surface area contributed by atoms with Crippen molar-refractivity contribution in [1.29, 1.82) is 0 Å². The number of amides is 1. The fraction of sp³-hybridized carbons (Fsp3) is 0.556. The second-order valence-corrected chi connectivity index (χ2v) is 6.79. The van der Waals surface area contributed by atoms with Crippen LogP contribution < -0.4 is 10.9 Å². The molecule has 2 atom stereocenters. The van der Waals surface area contributed by atoms with Crippen LogP contribution in [0.2, 0.25) is 0 Å². The summed E-state index contributed by atoms with van der Waals surface area (Å²) in [5.41, 5.74) is 0.227. The molecule has 0 spiro atoms. The van der Waals surface area contributed by atoms with Gasteiger partial charge >= 0.3 is 0 Å². The molecule has 1 aromatic carbocycles. The van der Waals surface area contributed by atoms with Crippen molar-refractivity contribution in [2.24, 2.45) is 0 Å². The summed E-state index contributed by atoms with van der Waals surface area (Å²) < 4.78 is 6.81. The highest BCUT2D eigenvalue weighted by Gasteiger charge is 2.21. The van der Waals surface area contributed by atoms with Gasteiger partial charge in [-0.05, 0) is 32.4 Å². The predicted octanol–water partition coefficient (Wildman–Crippen LogP) is 0.407. The van der Waals surface area contributed by atoms with E-state index in [4.69, 9.17) is 4.74 Å². The van der Waals surface area contributed by atoms with E-state index >= 15 is 0 Å². The predicted molar refractivity (Wildman–Crippen MR) is 97.9 cm³/mol. The molecule has 1 amide bonds. The van der Waals surface area contributed by atoms with E-state index in [0.717, 1.165) is 30.7 Å². The molecule has 0 radical (unpaired) electrons. The summed E-state index contributed by atoms with van der Waals surface area (Å²) >= 11 is 0. The van der Waals surface area contributed by atoms with Gasteiger partial charge in [0.25, 0.3) is 5.56 Å². The molecule has 8 heteroatoms. The number of carbonyl (C=O) groups excluding carboxylic acids is 1. The molecule has 1 saturated heterocycles. The van der Waals surface area contributed by atoms with E-state index in [9.17, 15) is 9.59 Å². The molecule has 0 saturated carbocycles. The third-order valence-corrected chi connectivity index (χ3v) is 4.39. The fourth-order valence-corrected chi connectivity index (χ4v) is 3.32. The summed E-state index contributed by atoms with van der Waals surface area (Å²) in [5, 5.41) is 11.1. The zero-order valence-electron chi connectivity index (χ0n) is 15.2. The van der Waals surface area contributed by atoms with E-state index in [0.29, 0.717) is 17.4 Å². The lowest BCUT2D eigenvalue weighted by atomic mass is 10.2. The van der Waals surface area contributed by atoms with Crippen molar-refractivity contribution >= 4 is 16.8 Å². The number of rotatable bonds is 6. The van der Waals surface area contributed by atoms with Crippen molar-refractivity contribution in [2.75, 3.05) is 26.2 Å². The van der Waals surface area contributed by atoms with Crippen LogP contribution in [0.15, 0.2) is 29.1 Å². The van der Waals surface area contributed by atoms with Crippen LogP contribution in [0.1, 0.15) is 20.3 Å². The molecular formula is C18H25N5O3. The third kappa shape index (κ3) is 4.64. The Morgan fingerprint density at radius 1 is 1.27 bits per heavy atom. The molecule has 1 N–H and O–H groups in total. The number of hydrogen-bond donors (Lipinski definition) is 1. The van der Waals surface area contributed by atoms with Crippen molar-refractivity contribution in [2.45, 2.75) is 39.0 Å². The maximum Gasteiger partial charge on any atom is 0.278 e. The second-order valence-electron chi connectivity index (χ2n) is 6.79. The number of carbonyl (C=O) groups is 1. The Morgan fingerprint density at radius 2 is 2.00 bits per heavy atom. The van der Waals surface area contributed by atoms with Gasteiger partial charge in [0.1, 0.15) is 12.1 Å². The minimum absolute atomic E-state index is 0.123. The number of morpholine rings is 1. The summed E-state index contributed by atoms with van der Waals surface area (Å²) in [6.07, 6.45) is 1.34. The lowest BCUT2D eigenvalue weighted by Crippen LogP contribution is -2.46. The Balaban J connectivity index is 1.46. The zero-order chi connectivity index (χ0) is 18.5. The van der Waals surface area contributed by atoms with Crippen molar-refractivity contribution in [3.8, 4) is 0 Å². The number of nitrogens with zero attached hydrogens (tertiary/aromatic N) is 4. The van der Waals surface area contributed by atoms with Gasteiger partial charge in [0.15, 0.2) is 0 Å². The van der Waals surface area contributed by atoms with Crippen LogP contribution in [0.25, 0.3) is 10.9 Å². The number of benzene rings is 1. The molecule has 8 nitrogen and oxygen atoms in total. The molecular weight excluding hydrogens is 334 g/mol. The van der Waals surface area contributed by atoms with Gasteiger partial charge in [-0.15, -0.1) is 5.10 Å². The Kier molecular flexibility index (Phi) is 5.95. The van der Waals surface area contributed by atoms with Gasteiger partial charge in [-0.1, -0.05) is 17.3 Å². The van der Waals surface area contributed by atoms with Crippen molar-refractivity contribution < 1.29 is 9.53 Å². The van der Waals surface area contributed by atoms with Crippen LogP contribution in [0.4, 0.5) is 0 Å². The minimum atomic E-state index is -0.304. The summed E-state index contributed by atoms with van der Waals surface area (Å²) in [7, 11) is 0. The molecule has 1 fully saturated rings. The average Bonchev–Trinajstić information content (AvgIpc) is 2.61. The first kappa shape index (κ1) is 18.5. The second kappa shape index (κ2) is 8.37. The maximum absolute atomic E-state index is 12.3. The van der Waals surface area contributed by atoms with E-state index in [1.807, 2.05) is 0 Å². The first-order valence-corrected chi connectivity index (χ1v) is 9.00. The Labute approximate surface area is 152 Å². The molecule has 26 heavy (non-hydrogen) atoms. The van der Waals surface area contributed by atoms with Crippen LogP contribution in [0, 0.1) is 0 Å². The summed E-state index contributed by atoms with van der Waals surface area (Å²) in [6, 6.07) is 6.97. The lowest BCUT2D eigenvalue weighted by molar-refractivity contribution is -0.122. The van der Waals surface area contributed by atoms with E-state index in [-0.39, 0.29) is 30.2 Å². The van der Waals surface area contributed by atoms with Gasteiger partial charge in [0.05, 0.1) is 17.6 Å². The van der Waals surface area contributed by atoms with Crippen molar-refractivity contribution in [1.82, 2.24) is 25.2 Å². The number of nitrogens with one attached hydrogen (secondary N) is 1. The molecule has 1 aliphatic heterocycles. The molecule has 0 bridgehead atoms. The monoisotopic (exact) mass is 359 g/mol. The first-order valence-electron chi connectivity index (χ1n) is 9.00. The Bertz CT molecular complexity index is 812. The Hall–Kier alpha value is -2.32. The van der Waals surface area contributed by atoms with Gasteiger partial charge in [0, 0.05) is 26.2 Å². The SMILES string of the molecule is C[C@@H]1CN(CCCNC(=O)Cn2nnc3ccccc3c2=O)C[C@@H](C)O1. The standard InChI is InChI=1S/C18H25N5O3/c1-13-10-22(11-14(2)26-13)9-5-8-19-17(24)12-23-18(25)15-6-3-4-7-16(15)20-21-23/h3-4,6-7,13-14H,5,8-12H2,1-2H3,(H,19,24)/t13-,14-/m1/s1. The van der Waals surface area contributed by atoms with Gasteiger partial charge < -0.3 is 10.1 Å². The Morgan fingerprint density at radius 3 is 2.77 bits per heavy atom. The highest BCUT2D eigenvalue weighted by Crippen LogP contribution is 2.10. The van der Waals surface area contributed by atoms with E-state index < -0.39 is 0 Å². The van der Waals surface area contributed by atoms with Crippen LogP contribution in [-0.2, 0) is 16.1 Å². The average molecular weight is 359 g/mol. The van der Waals surface area contributed by atoms with Crippen LogP contribution in [0.5, 0.6) is 0 Å². The van der Waals surface area contributed by atoms with Gasteiger partial charge in [-0.2, -0.15) is 0 Å². The molecule has 0 unspecified atom stereocenters. The number of ether oxygens (including phenoxy) is 1. The van der Waals surface area contributed by atoms with Crippen LogP contribution in [0.3, 0.4) is 0 Å². The molecule has 1 aliphatic rings. The lowest BCUT2D eigenvalue weighted by Gasteiger charge is -2.35. The molecule has 2 heterocycles. The van der Waals surface area contributed by atoms with E-state index in [2.05, 4.69) is 34.4 Å². The zero-order valence-corrected chi connectivity index (χ0v) is 15.2. The molecule has 3 rings (SSSR count). The summed E-state index contributed by atoms with van der Waals surface area (Å²) in [5.74, 6) is -0.236. The highest BCUT2D eigenvalue weighted by molar-refractivity contribution is 5.78. The normalized spacial score (nSPS) is 21.0. The maximum atomic E-state index is 12.3. The first-order chi connectivity index (χ1) is 12.5. The number of hydrogen-bond acceptors (Lipinski definition) is 6. The number of fused-ring (bicyclic) bond motifs is 1. The van der Waals surface area contributed by atoms with Crippen LogP contribution >= 0.6 is 0 Å². The summed E-state index contributed by atoms with van der Waals surface area (Å²) in [4.78, 5) is 26.8. The molecule has 0 aliphatic carbocycles. The topological polar surface area (TPSA) is 89.4 Å². The number of aromatic nitrogens is 3. The van der Waals surface area contributed by atoms with E-state index in [1.54, 1.807) is 24.3 Å². The quantitative estimate of drug-likeness (QED) is 0.752. The van der Waals surface area contributed by atoms with Crippen molar-refractivity contribution in [3.63, 3.8) is 0 Å². The van der Waals surface area contributed by atoms with Gasteiger partial charge in [0.2, 0.25) is 5.91 Å². The van der Waals surface area contributed by atoms with Crippen molar-refractivity contribution in [3.05, 3.63) is 34.6 Å². The summed E-state index contributed by atoms with van der Waals surface area (Å²) in [6.45, 7) is 7.34. The minimum Gasteiger partial charge on any atom is -0.373 e. The fourth-order valence-electron chi connectivity index (χ4n) is 3.32. The van der Waals surface area contributed by atoms with E-state index in [1.165, 1.54) is 0 Å². The smallest absolute Gasteiger partial charge is 0.278 e. The van der Waals surface area contributed by atoms with Gasteiger partial charge in [-0.3, -0.25) is 14.5 Å². The third-order valence-electron chi connectivity index (χ3n) is 4.39. The molecule has 140 valence electrons. The highest BCUT2D eigenvalue weighted by atomic mass is 16.5.